The molecule has 1 aliphatic rings. The zero-order chi connectivity index (χ0) is 20.9. The zero-order valence-electron chi connectivity index (χ0n) is 16.2. The Morgan fingerprint density at radius 2 is 1.90 bits per heavy atom. The summed E-state index contributed by atoms with van der Waals surface area (Å²) in [6.45, 7) is 0.153. The summed E-state index contributed by atoms with van der Waals surface area (Å²) in [5, 5.41) is 7.60. The number of anilines is 1. The first-order chi connectivity index (χ1) is 14.6. The molecule has 4 rings (SSSR count). The molecule has 0 spiro atoms. The maximum Gasteiger partial charge on any atom is 0.251 e. The van der Waals surface area contributed by atoms with E-state index in [0.29, 0.717) is 28.5 Å². The second-order valence-corrected chi connectivity index (χ2v) is 7.62. The molecule has 0 aliphatic carbocycles. The summed E-state index contributed by atoms with van der Waals surface area (Å²) in [4.78, 5) is 26.6. The van der Waals surface area contributed by atoms with Gasteiger partial charge in [0.25, 0.3) is 5.91 Å². The van der Waals surface area contributed by atoms with Gasteiger partial charge in [0.2, 0.25) is 12.7 Å². The van der Waals surface area contributed by atoms with E-state index in [4.69, 9.17) is 14.2 Å². The molecule has 2 N–H and O–H groups in total. The number of nitrogens with one attached hydrogen (secondary N) is 2. The Morgan fingerprint density at radius 3 is 2.63 bits per heavy atom. The highest BCUT2D eigenvalue weighted by atomic mass is 32.1. The minimum Gasteiger partial charge on any atom is -0.497 e. The van der Waals surface area contributed by atoms with Crippen molar-refractivity contribution in [2.75, 3.05) is 19.2 Å². The van der Waals surface area contributed by atoms with Crippen LogP contribution in [0, 0.1) is 0 Å². The summed E-state index contributed by atoms with van der Waals surface area (Å²) in [6, 6.07) is 15.1. The number of carbonyl (C=O) groups is 2. The molecule has 0 fully saturated rings. The van der Waals surface area contributed by atoms with Gasteiger partial charge in [0.05, 0.1) is 13.5 Å². The molecule has 0 bridgehead atoms. The van der Waals surface area contributed by atoms with Gasteiger partial charge in [-0.1, -0.05) is 18.2 Å². The third-order valence-corrected chi connectivity index (χ3v) is 5.45. The molecule has 30 heavy (non-hydrogen) atoms. The lowest BCUT2D eigenvalue weighted by atomic mass is 10.1. The van der Waals surface area contributed by atoms with Gasteiger partial charge in [-0.15, -0.1) is 11.3 Å². The second-order valence-electron chi connectivity index (χ2n) is 6.59. The molecule has 1 atom stereocenters. The molecule has 1 unspecified atom stereocenters. The summed E-state index contributed by atoms with van der Waals surface area (Å²) < 4.78 is 15.8. The van der Waals surface area contributed by atoms with E-state index in [0.717, 1.165) is 4.88 Å². The van der Waals surface area contributed by atoms with Crippen LogP contribution in [0.5, 0.6) is 17.2 Å². The number of ether oxygens (including phenoxy) is 3. The summed E-state index contributed by atoms with van der Waals surface area (Å²) in [7, 11) is 1.57. The van der Waals surface area contributed by atoms with Crippen molar-refractivity contribution in [3.05, 3.63) is 70.4 Å². The quantitative estimate of drug-likeness (QED) is 0.606. The molecule has 1 aliphatic heterocycles. The topological polar surface area (TPSA) is 85.9 Å². The normalized spacial score (nSPS) is 12.8. The summed E-state index contributed by atoms with van der Waals surface area (Å²) in [6.07, 6.45) is 0.210. The number of hydrogen-bond donors (Lipinski definition) is 2. The summed E-state index contributed by atoms with van der Waals surface area (Å²) in [5.74, 6) is 1.26. The third-order valence-electron chi connectivity index (χ3n) is 4.57. The number of hydrogen-bond acceptors (Lipinski definition) is 6. The highest BCUT2D eigenvalue weighted by molar-refractivity contribution is 7.10. The van der Waals surface area contributed by atoms with Crippen LogP contribution < -0.4 is 24.8 Å². The SMILES string of the molecule is COc1ccc(C(NC(=O)Cc2cccs2)C(=O)Nc2ccc3c(c2)OCO3)cc1. The van der Waals surface area contributed by atoms with Crippen LogP contribution in [0.25, 0.3) is 0 Å². The van der Waals surface area contributed by atoms with Gasteiger partial charge in [0, 0.05) is 16.6 Å². The summed E-state index contributed by atoms with van der Waals surface area (Å²) >= 11 is 1.50. The smallest absolute Gasteiger partial charge is 0.251 e. The maximum absolute atomic E-state index is 13.1. The van der Waals surface area contributed by atoms with Gasteiger partial charge in [0.15, 0.2) is 11.5 Å². The Labute approximate surface area is 177 Å². The van der Waals surface area contributed by atoms with Gasteiger partial charge >= 0.3 is 0 Å². The molecule has 8 heteroatoms. The van der Waals surface area contributed by atoms with Crippen LogP contribution in [0.15, 0.2) is 60.0 Å². The van der Waals surface area contributed by atoms with Gasteiger partial charge in [-0.25, -0.2) is 0 Å². The average Bonchev–Trinajstić information content (AvgIpc) is 3.43. The highest BCUT2D eigenvalue weighted by Gasteiger charge is 2.24. The molecule has 2 aromatic carbocycles. The molecule has 154 valence electrons. The number of thiophene rings is 1. The van der Waals surface area contributed by atoms with Crippen molar-refractivity contribution in [3.63, 3.8) is 0 Å². The van der Waals surface area contributed by atoms with E-state index >= 15 is 0 Å². The van der Waals surface area contributed by atoms with Crippen molar-refractivity contribution in [1.29, 1.82) is 0 Å². The number of methoxy groups -OCH3 is 1. The predicted octanol–water partition coefficient (Wildman–Crippen LogP) is 3.52. The Kier molecular flexibility index (Phi) is 5.85. The molecule has 3 aromatic rings. The van der Waals surface area contributed by atoms with Crippen molar-refractivity contribution in [2.24, 2.45) is 0 Å². The van der Waals surface area contributed by atoms with Gasteiger partial charge in [0.1, 0.15) is 11.8 Å². The van der Waals surface area contributed by atoms with Crippen LogP contribution in [0.4, 0.5) is 5.69 Å². The molecule has 0 radical (unpaired) electrons. The van der Waals surface area contributed by atoms with Crippen LogP contribution in [0.1, 0.15) is 16.5 Å². The minimum absolute atomic E-state index is 0.153. The van der Waals surface area contributed by atoms with Crippen molar-refractivity contribution in [2.45, 2.75) is 12.5 Å². The van der Waals surface area contributed by atoms with E-state index in [1.165, 1.54) is 11.3 Å². The lowest BCUT2D eigenvalue weighted by Gasteiger charge is -2.19. The van der Waals surface area contributed by atoms with E-state index < -0.39 is 6.04 Å². The largest absolute Gasteiger partial charge is 0.497 e. The van der Waals surface area contributed by atoms with Crippen LogP contribution in [-0.2, 0) is 16.0 Å². The van der Waals surface area contributed by atoms with Crippen molar-refractivity contribution in [1.82, 2.24) is 5.32 Å². The summed E-state index contributed by atoms with van der Waals surface area (Å²) in [5.41, 5.74) is 1.20. The Bertz CT molecular complexity index is 1030. The van der Waals surface area contributed by atoms with E-state index in [1.54, 1.807) is 49.6 Å². The predicted molar refractivity (Wildman–Crippen MR) is 113 cm³/mol. The number of fused-ring (bicyclic) bond motifs is 1. The number of carbonyl (C=O) groups excluding carboxylic acids is 2. The Morgan fingerprint density at radius 1 is 1.10 bits per heavy atom. The molecule has 2 heterocycles. The molecular formula is C22H20N2O5S. The molecule has 1 aromatic heterocycles. The number of benzene rings is 2. The Hall–Kier alpha value is -3.52. The van der Waals surface area contributed by atoms with Crippen LogP contribution in [0.2, 0.25) is 0 Å². The highest BCUT2D eigenvalue weighted by Crippen LogP contribution is 2.34. The van der Waals surface area contributed by atoms with Gasteiger partial charge < -0.3 is 24.8 Å². The lowest BCUT2D eigenvalue weighted by molar-refractivity contribution is -0.126. The van der Waals surface area contributed by atoms with Crippen LogP contribution in [-0.4, -0.2) is 25.7 Å². The van der Waals surface area contributed by atoms with Gasteiger partial charge in [-0.2, -0.15) is 0 Å². The van der Waals surface area contributed by atoms with E-state index in [-0.39, 0.29) is 25.0 Å². The first-order valence-electron chi connectivity index (χ1n) is 9.28. The standard InChI is InChI=1S/C22H20N2O5S/c1-27-16-7-4-14(5-8-16)21(24-20(25)12-17-3-2-10-30-17)22(26)23-15-6-9-18-19(11-15)29-13-28-18/h2-11,21H,12-13H2,1H3,(H,23,26)(H,24,25). The van der Waals surface area contributed by atoms with E-state index in [1.807, 2.05) is 17.5 Å². The maximum atomic E-state index is 13.1. The molecular weight excluding hydrogens is 404 g/mol. The fourth-order valence-corrected chi connectivity index (χ4v) is 3.77. The average molecular weight is 424 g/mol. The van der Waals surface area contributed by atoms with Crippen LogP contribution in [0.3, 0.4) is 0 Å². The minimum atomic E-state index is -0.867. The number of amides is 2. The second kappa shape index (κ2) is 8.87. The first kappa shape index (κ1) is 19.8. The Balaban J connectivity index is 1.53. The van der Waals surface area contributed by atoms with Crippen LogP contribution >= 0.6 is 11.3 Å². The van der Waals surface area contributed by atoms with Gasteiger partial charge in [-0.05, 0) is 41.3 Å². The van der Waals surface area contributed by atoms with E-state index in [9.17, 15) is 9.59 Å². The third kappa shape index (κ3) is 4.55. The first-order valence-corrected chi connectivity index (χ1v) is 10.2. The van der Waals surface area contributed by atoms with Crippen molar-refractivity contribution < 1.29 is 23.8 Å². The monoisotopic (exact) mass is 424 g/mol. The van der Waals surface area contributed by atoms with Crippen molar-refractivity contribution >= 4 is 28.8 Å². The molecule has 0 saturated carbocycles. The van der Waals surface area contributed by atoms with Gasteiger partial charge in [-0.3, -0.25) is 9.59 Å². The zero-order valence-corrected chi connectivity index (χ0v) is 17.0. The van der Waals surface area contributed by atoms with Crippen molar-refractivity contribution in [3.8, 4) is 17.2 Å². The molecule has 2 amide bonds. The fourth-order valence-electron chi connectivity index (χ4n) is 3.07. The lowest BCUT2D eigenvalue weighted by Crippen LogP contribution is -2.37. The number of rotatable bonds is 7. The molecule has 7 nitrogen and oxygen atoms in total. The molecule has 0 saturated heterocycles. The fraction of sp³-hybridized carbons (Fsp3) is 0.182. The van der Waals surface area contributed by atoms with E-state index in [2.05, 4.69) is 10.6 Å².